The van der Waals surface area contributed by atoms with Crippen LogP contribution in [-0.4, -0.2) is 41.7 Å². The van der Waals surface area contributed by atoms with E-state index in [1.165, 1.54) is 5.56 Å². The molecule has 1 saturated heterocycles. The molecule has 0 aromatic heterocycles. The molecule has 0 radical (unpaired) electrons. The third kappa shape index (κ3) is 4.47. The topological polar surface area (TPSA) is 38.8 Å². The Kier molecular flexibility index (Phi) is 5.35. The Morgan fingerprint density at radius 1 is 1.35 bits per heavy atom. The average Bonchev–Trinajstić information content (AvgIpc) is 2.49. The third-order valence-corrected chi connectivity index (χ3v) is 4.27. The van der Waals surface area contributed by atoms with Gasteiger partial charge < -0.3 is 14.4 Å². The van der Waals surface area contributed by atoms with Gasteiger partial charge in [-0.25, -0.2) is 0 Å². The minimum Gasteiger partial charge on any atom is -0.481 e. The second-order valence-electron chi connectivity index (χ2n) is 7.37. The van der Waals surface area contributed by atoms with E-state index < -0.39 is 6.10 Å². The second kappa shape index (κ2) is 6.91. The van der Waals surface area contributed by atoms with Crippen molar-refractivity contribution in [3.8, 4) is 5.75 Å². The summed E-state index contributed by atoms with van der Waals surface area (Å²) >= 11 is 0. The first kappa shape index (κ1) is 17.8. The molecule has 0 saturated carbocycles. The number of carbonyl (C=O) groups is 1. The molecular weight excluding hydrogens is 290 g/mol. The number of amides is 1. The first-order chi connectivity index (χ1) is 10.7. The van der Waals surface area contributed by atoms with Gasteiger partial charge in [-0.15, -0.1) is 0 Å². The molecule has 0 spiro atoms. The zero-order valence-corrected chi connectivity index (χ0v) is 15.1. The zero-order valence-electron chi connectivity index (χ0n) is 15.1. The summed E-state index contributed by atoms with van der Waals surface area (Å²) in [5.41, 5.74) is 0.905. The van der Waals surface area contributed by atoms with E-state index in [1.54, 1.807) is 0 Å². The largest absolute Gasteiger partial charge is 0.481 e. The number of benzene rings is 1. The van der Waals surface area contributed by atoms with Crippen LogP contribution in [0, 0.1) is 0 Å². The van der Waals surface area contributed by atoms with Gasteiger partial charge in [0.05, 0.1) is 18.2 Å². The highest BCUT2D eigenvalue weighted by Crippen LogP contribution is 2.24. The molecule has 1 aliphatic rings. The Bertz CT molecular complexity index is 553. The molecule has 1 fully saturated rings. The Balaban J connectivity index is 2.06. The van der Waals surface area contributed by atoms with Crippen molar-refractivity contribution >= 4 is 5.91 Å². The van der Waals surface area contributed by atoms with Gasteiger partial charge in [-0.05, 0) is 51.3 Å². The molecule has 1 amide bonds. The van der Waals surface area contributed by atoms with Gasteiger partial charge in [-0.1, -0.05) is 26.0 Å². The number of carbonyl (C=O) groups excluding carboxylic acids is 1. The second-order valence-corrected chi connectivity index (χ2v) is 7.37. The summed E-state index contributed by atoms with van der Waals surface area (Å²) in [7, 11) is 0. The number of ether oxygens (including phenoxy) is 2. The van der Waals surface area contributed by atoms with Crippen molar-refractivity contribution < 1.29 is 14.3 Å². The van der Waals surface area contributed by atoms with E-state index in [0.29, 0.717) is 19.1 Å². The molecule has 4 nitrogen and oxygen atoms in total. The van der Waals surface area contributed by atoms with Crippen LogP contribution in [0.4, 0.5) is 0 Å². The smallest absolute Gasteiger partial charge is 0.263 e. The van der Waals surface area contributed by atoms with Crippen LogP contribution in [0.5, 0.6) is 5.75 Å². The van der Waals surface area contributed by atoms with Crippen LogP contribution >= 0.6 is 0 Å². The summed E-state index contributed by atoms with van der Waals surface area (Å²) in [6.45, 7) is 13.3. The van der Waals surface area contributed by atoms with Gasteiger partial charge in [0, 0.05) is 6.54 Å². The molecule has 1 unspecified atom stereocenters. The summed E-state index contributed by atoms with van der Waals surface area (Å²) in [5.74, 6) is 1.20. The van der Waals surface area contributed by atoms with E-state index in [9.17, 15) is 4.79 Å². The fourth-order valence-electron chi connectivity index (χ4n) is 2.78. The Morgan fingerprint density at radius 3 is 2.70 bits per heavy atom. The molecule has 0 N–H and O–H groups in total. The Hall–Kier alpha value is -1.55. The van der Waals surface area contributed by atoms with Crippen molar-refractivity contribution in [1.29, 1.82) is 0 Å². The maximum atomic E-state index is 12.8. The summed E-state index contributed by atoms with van der Waals surface area (Å²) in [5, 5.41) is 0. The fraction of sp³-hybridized carbons (Fsp3) is 0.632. The van der Waals surface area contributed by atoms with Crippen LogP contribution in [0.3, 0.4) is 0 Å². The van der Waals surface area contributed by atoms with E-state index in [-0.39, 0.29) is 17.6 Å². The van der Waals surface area contributed by atoms with Crippen LogP contribution < -0.4 is 4.74 Å². The molecule has 1 aliphatic heterocycles. The zero-order chi connectivity index (χ0) is 17.2. The predicted molar refractivity (Wildman–Crippen MR) is 91.8 cm³/mol. The minimum absolute atomic E-state index is 0.0174. The van der Waals surface area contributed by atoms with E-state index in [2.05, 4.69) is 19.9 Å². The quantitative estimate of drug-likeness (QED) is 0.851. The molecule has 23 heavy (non-hydrogen) atoms. The molecule has 128 valence electrons. The van der Waals surface area contributed by atoms with Crippen molar-refractivity contribution in [1.82, 2.24) is 4.90 Å². The molecule has 0 bridgehead atoms. The van der Waals surface area contributed by atoms with Crippen LogP contribution in [-0.2, 0) is 9.53 Å². The molecule has 2 atom stereocenters. The lowest BCUT2D eigenvalue weighted by atomic mass is 10.0. The summed E-state index contributed by atoms with van der Waals surface area (Å²) in [4.78, 5) is 14.6. The lowest BCUT2D eigenvalue weighted by Crippen LogP contribution is -2.57. The fourth-order valence-corrected chi connectivity index (χ4v) is 2.78. The normalized spacial score (nSPS) is 22.0. The highest BCUT2D eigenvalue weighted by molar-refractivity contribution is 5.81. The average molecular weight is 319 g/mol. The number of hydrogen-bond donors (Lipinski definition) is 0. The highest BCUT2D eigenvalue weighted by Gasteiger charge is 2.36. The standard InChI is InChI=1S/C19H29NO3/c1-13(2)16-8-7-9-17(10-16)23-15(4)18(21)20-12-19(5,6)22-11-14(20)3/h7-10,13-15H,11-12H2,1-6H3/t14-,15?/m0/s1. The van der Waals surface area contributed by atoms with Crippen molar-refractivity contribution in [3.05, 3.63) is 29.8 Å². The maximum Gasteiger partial charge on any atom is 0.263 e. The molecule has 1 aromatic carbocycles. The summed E-state index contributed by atoms with van der Waals surface area (Å²) < 4.78 is 11.7. The van der Waals surface area contributed by atoms with Crippen molar-refractivity contribution in [3.63, 3.8) is 0 Å². The van der Waals surface area contributed by atoms with Gasteiger partial charge in [0.25, 0.3) is 5.91 Å². The number of hydrogen-bond acceptors (Lipinski definition) is 3. The van der Waals surface area contributed by atoms with Gasteiger partial charge >= 0.3 is 0 Å². The molecule has 0 aliphatic carbocycles. The van der Waals surface area contributed by atoms with Gasteiger partial charge in [-0.2, -0.15) is 0 Å². The SMILES string of the molecule is CC(Oc1cccc(C(C)C)c1)C(=O)N1CC(C)(C)OC[C@@H]1C. The van der Waals surface area contributed by atoms with Gasteiger partial charge in [0.15, 0.2) is 6.10 Å². The van der Waals surface area contributed by atoms with Crippen molar-refractivity contribution in [2.24, 2.45) is 0 Å². The molecule has 4 heteroatoms. The van der Waals surface area contributed by atoms with Crippen LogP contribution in [0.2, 0.25) is 0 Å². The lowest BCUT2D eigenvalue weighted by molar-refractivity contribution is -0.160. The number of nitrogens with zero attached hydrogens (tertiary/aromatic N) is 1. The Morgan fingerprint density at radius 2 is 2.04 bits per heavy atom. The third-order valence-electron chi connectivity index (χ3n) is 4.27. The molecule has 1 aromatic rings. The molecule has 1 heterocycles. The molecule has 2 rings (SSSR count). The van der Waals surface area contributed by atoms with Crippen LogP contribution in [0.15, 0.2) is 24.3 Å². The lowest BCUT2D eigenvalue weighted by Gasteiger charge is -2.43. The van der Waals surface area contributed by atoms with Gasteiger partial charge in [0.2, 0.25) is 0 Å². The van der Waals surface area contributed by atoms with Gasteiger partial charge in [-0.3, -0.25) is 4.79 Å². The monoisotopic (exact) mass is 319 g/mol. The molecular formula is C19H29NO3. The van der Waals surface area contributed by atoms with Crippen LogP contribution in [0.1, 0.15) is 53.0 Å². The maximum absolute atomic E-state index is 12.8. The first-order valence-corrected chi connectivity index (χ1v) is 8.40. The van der Waals surface area contributed by atoms with Gasteiger partial charge in [0.1, 0.15) is 5.75 Å². The van der Waals surface area contributed by atoms with Crippen LogP contribution in [0.25, 0.3) is 0 Å². The summed E-state index contributed by atoms with van der Waals surface area (Å²) in [6, 6.07) is 8.05. The van der Waals surface area contributed by atoms with E-state index in [1.807, 2.05) is 50.8 Å². The van der Waals surface area contributed by atoms with E-state index in [0.717, 1.165) is 5.75 Å². The van der Waals surface area contributed by atoms with E-state index in [4.69, 9.17) is 9.47 Å². The first-order valence-electron chi connectivity index (χ1n) is 8.40. The van der Waals surface area contributed by atoms with E-state index >= 15 is 0 Å². The highest BCUT2D eigenvalue weighted by atomic mass is 16.5. The number of rotatable bonds is 4. The minimum atomic E-state index is -0.506. The predicted octanol–water partition coefficient (Wildman–Crippen LogP) is 3.60. The van der Waals surface area contributed by atoms with Crippen molar-refractivity contribution in [2.75, 3.05) is 13.2 Å². The van der Waals surface area contributed by atoms with Crippen molar-refractivity contribution in [2.45, 2.75) is 65.2 Å². The Labute approximate surface area is 139 Å². The summed E-state index contributed by atoms with van der Waals surface area (Å²) in [6.07, 6.45) is -0.506. The number of morpholine rings is 1.